The first kappa shape index (κ1) is 47.0. The second-order valence-corrected chi connectivity index (χ2v) is 17.2. The summed E-state index contributed by atoms with van der Waals surface area (Å²) in [7, 11) is 0. The van der Waals surface area contributed by atoms with Gasteiger partial charge in [-0.2, -0.15) is 0 Å². The van der Waals surface area contributed by atoms with Crippen LogP contribution in [0.2, 0.25) is 0 Å². The minimum absolute atomic E-state index is 0.0228. The van der Waals surface area contributed by atoms with Crippen LogP contribution in [0.4, 0.5) is 19.2 Å². The van der Waals surface area contributed by atoms with Gasteiger partial charge in [-0.05, 0) is 141 Å². The Morgan fingerprint density at radius 3 is 1.08 bits per heavy atom. The molecule has 0 saturated heterocycles. The molecule has 0 aromatic heterocycles. The van der Waals surface area contributed by atoms with E-state index in [0.29, 0.717) is 38.5 Å². The van der Waals surface area contributed by atoms with E-state index in [1.807, 2.05) is 0 Å². The lowest BCUT2D eigenvalue weighted by molar-refractivity contribution is 0.0719. The normalized spacial score (nSPS) is 35.4. The maximum absolute atomic E-state index is 13.8. The predicted molar refractivity (Wildman–Crippen MR) is 231 cm³/mol. The Morgan fingerprint density at radius 1 is 0.383 bits per heavy atom. The zero-order valence-corrected chi connectivity index (χ0v) is 35.5. The predicted octanol–water partition coefficient (Wildman–Crippen LogP) is 6.70. The van der Waals surface area contributed by atoms with E-state index in [1.165, 1.54) is 0 Å². The van der Waals surface area contributed by atoms with Crippen LogP contribution in [0.5, 0.6) is 0 Å². The standard InChI is InChI=1S/C45H73N7O8/c46-35-29-37(49-42(53)57-31-21-13-5-1-6-14-22-31)39(48)41(52-45(56)60-34-27-19-11-4-12-20-28-34)36(47)30-38(50-43(54)58-32-23-15-7-2-8-16-24-32)40(35)51-44(55)59-33-25-17-9-3-10-18-26-33/h1-5,7,9,11,31-41H,6,8,10,12-30,46-48H2,(H,49,53)(H,50,54)(H,51,55)(H,52,56)/b5-1+,7-2+,9-3+,11-4+. The Hall–Kier alpha value is -4.08. The summed E-state index contributed by atoms with van der Waals surface area (Å²) in [6, 6.07) is -6.44. The van der Waals surface area contributed by atoms with Crippen LogP contribution in [-0.2, 0) is 18.9 Å². The van der Waals surface area contributed by atoms with E-state index >= 15 is 0 Å². The van der Waals surface area contributed by atoms with Gasteiger partial charge in [-0.25, -0.2) is 19.2 Å². The molecule has 336 valence electrons. The molecular weight excluding hydrogens is 767 g/mol. The van der Waals surface area contributed by atoms with Gasteiger partial charge in [0.25, 0.3) is 0 Å². The second kappa shape index (κ2) is 25.6. The Kier molecular flexibility index (Phi) is 20.1. The molecule has 0 aromatic rings. The third-order valence-corrected chi connectivity index (χ3v) is 12.4. The molecule has 4 amide bonds. The van der Waals surface area contributed by atoms with Crippen molar-refractivity contribution in [3.05, 3.63) is 48.6 Å². The Labute approximate surface area is 356 Å². The van der Waals surface area contributed by atoms with Gasteiger partial charge in [-0.1, -0.05) is 48.6 Å². The average molecular weight is 840 g/mol. The summed E-state index contributed by atoms with van der Waals surface area (Å²) in [6.07, 6.45) is 29.1. The van der Waals surface area contributed by atoms with Gasteiger partial charge < -0.3 is 57.4 Å². The minimum atomic E-state index is -0.976. The maximum Gasteiger partial charge on any atom is 0.407 e. The van der Waals surface area contributed by atoms with Crippen molar-refractivity contribution < 1.29 is 38.1 Å². The van der Waals surface area contributed by atoms with E-state index in [4.69, 9.17) is 36.1 Å². The third kappa shape index (κ3) is 16.4. The van der Waals surface area contributed by atoms with Crippen molar-refractivity contribution in [1.82, 2.24) is 21.3 Å². The molecule has 0 radical (unpaired) electrons. The summed E-state index contributed by atoms with van der Waals surface area (Å²) in [4.78, 5) is 54.8. The molecule has 0 bridgehead atoms. The van der Waals surface area contributed by atoms with Crippen LogP contribution in [0, 0.1) is 0 Å². The molecule has 11 unspecified atom stereocenters. The highest BCUT2D eigenvalue weighted by Crippen LogP contribution is 2.24. The molecule has 10 N–H and O–H groups in total. The van der Waals surface area contributed by atoms with Crippen molar-refractivity contribution in [1.29, 1.82) is 0 Å². The number of nitrogens with two attached hydrogens (primary N) is 3. The van der Waals surface area contributed by atoms with E-state index in [1.54, 1.807) is 0 Å². The first-order chi connectivity index (χ1) is 29.1. The highest BCUT2D eigenvalue weighted by Gasteiger charge is 2.43. The number of carbonyl (C=O) groups is 4. The molecule has 5 aliphatic rings. The number of alkyl carbamates (subject to hydrolysis) is 4. The Bertz CT molecular complexity index is 1470. The third-order valence-electron chi connectivity index (χ3n) is 12.4. The number of hydrogen-bond donors (Lipinski definition) is 7. The molecule has 5 rings (SSSR count). The summed E-state index contributed by atoms with van der Waals surface area (Å²) in [6.45, 7) is 0. The van der Waals surface area contributed by atoms with Gasteiger partial charge >= 0.3 is 24.4 Å². The fraction of sp³-hybridized carbons (Fsp3) is 0.733. The smallest absolute Gasteiger partial charge is 0.407 e. The SMILES string of the molecule is NC1CC(NC(=O)OC2CC/C=C/CCC2)C(N)C(NC(=O)OC2CC/C=C/CCC2)C(N)CC(NC(=O)OC2CC/C=C/CCC2)C1NC(=O)OC1CC/C=C/CCC1. The van der Waals surface area contributed by atoms with Crippen molar-refractivity contribution >= 4 is 24.4 Å². The van der Waals surface area contributed by atoms with Crippen LogP contribution in [0.1, 0.15) is 141 Å². The van der Waals surface area contributed by atoms with Crippen LogP contribution < -0.4 is 38.5 Å². The van der Waals surface area contributed by atoms with Gasteiger partial charge in [-0.15, -0.1) is 0 Å². The highest BCUT2D eigenvalue weighted by molar-refractivity contribution is 5.71. The summed E-state index contributed by atoms with van der Waals surface area (Å²) >= 11 is 0. The van der Waals surface area contributed by atoms with Gasteiger partial charge in [0.15, 0.2) is 0 Å². The average Bonchev–Trinajstić information content (AvgIpc) is 3.18. The molecule has 15 heteroatoms. The Morgan fingerprint density at radius 2 is 0.683 bits per heavy atom. The van der Waals surface area contributed by atoms with Crippen molar-refractivity contribution in [2.75, 3.05) is 0 Å². The molecule has 0 heterocycles. The first-order valence-electron chi connectivity index (χ1n) is 22.9. The lowest BCUT2D eigenvalue weighted by Crippen LogP contribution is -2.65. The van der Waals surface area contributed by atoms with E-state index in [2.05, 4.69) is 69.9 Å². The number of amides is 4. The number of hydrogen-bond acceptors (Lipinski definition) is 11. The summed E-state index contributed by atoms with van der Waals surface area (Å²) < 4.78 is 23.8. The van der Waals surface area contributed by atoms with Crippen LogP contribution in [-0.4, -0.2) is 91.1 Å². The fourth-order valence-electron chi connectivity index (χ4n) is 9.02. The topological polar surface area (TPSA) is 231 Å². The molecule has 1 saturated carbocycles. The van der Waals surface area contributed by atoms with Crippen molar-refractivity contribution in [2.45, 2.75) is 208 Å². The molecule has 5 aliphatic carbocycles. The lowest BCUT2D eigenvalue weighted by atomic mass is 9.91. The quantitative estimate of drug-likeness (QED) is 0.100. The van der Waals surface area contributed by atoms with E-state index in [0.717, 1.165) is 89.9 Å². The molecule has 15 nitrogen and oxygen atoms in total. The number of ether oxygens (including phenoxy) is 4. The van der Waals surface area contributed by atoms with Crippen LogP contribution in [0.15, 0.2) is 48.6 Å². The minimum Gasteiger partial charge on any atom is -0.446 e. The molecular formula is C45H73N7O8. The lowest BCUT2D eigenvalue weighted by Gasteiger charge is -2.35. The molecule has 60 heavy (non-hydrogen) atoms. The highest BCUT2D eigenvalue weighted by atomic mass is 16.6. The van der Waals surface area contributed by atoms with E-state index in [-0.39, 0.29) is 37.3 Å². The number of nitrogens with one attached hydrogen (secondary N) is 4. The summed E-state index contributed by atoms with van der Waals surface area (Å²) in [5.41, 5.74) is 21.1. The second-order valence-electron chi connectivity index (χ2n) is 17.2. The summed E-state index contributed by atoms with van der Waals surface area (Å²) in [5.74, 6) is 0. The van der Waals surface area contributed by atoms with Crippen LogP contribution >= 0.6 is 0 Å². The molecule has 0 spiro atoms. The maximum atomic E-state index is 13.8. The largest absolute Gasteiger partial charge is 0.446 e. The molecule has 0 aliphatic heterocycles. The van der Waals surface area contributed by atoms with Gasteiger partial charge in [0, 0.05) is 18.1 Å². The number of carbonyl (C=O) groups excluding carboxylic acids is 4. The van der Waals surface area contributed by atoms with Gasteiger partial charge in [-0.3, -0.25) is 0 Å². The van der Waals surface area contributed by atoms with Crippen molar-refractivity contribution in [2.24, 2.45) is 17.2 Å². The zero-order valence-electron chi connectivity index (χ0n) is 35.5. The van der Waals surface area contributed by atoms with Crippen molar-refractivity contribution in [3.63, 3.8) is 0 Å². The van der Waals surface area contributed by atoms with Gasteiger partial charge in [0.2, 0.25) is 0 Å². The monoisotopic (exact) mass is 840 g/mol. The van der Waals surface area contributed by atoms with Gasteiger partial charge in [0.05, 0.1) is 24.2 Å². The van der Waals surface area contributed by atoms with E-state index in [9.17, 15) is 19.2 Å². The fourth-order valence-corrected chi connectivity index (χ4v) is 9.02. The number of allylic oxidation sites excluding steroid dienone is 8. The molecule has 1 fully saturated rings. The number of rotatable bonds is 8. The first-order valence-corrected chi connectivity index (χ1v) is 22.9. The zero-order chi connectivity index (χ0) is 42.5. The Balaban J connectivity index is 1.40. The molecule has 0 aromatic carbocycles. The summed E-state index contributed by atoms with van der Waals surface area (Å²) in [5, 5.41) is 11.9. The van der Waals surface area contributed by atoms with Crippen molar-refractivity contribution in [3.8, 4) is 0 Å². The van der Waals surface area contributed by atoms with Gasteiger partial charge in [0.1, 0.15) is 24.4 Å². The molecule has 11 atom stereocenters. The van der Waals surface area contributed by atoms with E-state index < -0.39 is 66.7 Å². The van der Waals surface area contributed by atoms with Crippen LogP contribution in [0.25, 0.3) is 0 Å². The van der Waals surface area contributed by atoms with Crippen LogP contribution in [0.3, 0.4) is 0 Å².